The molecular weight excluding hydrogens is 275 g/mol. The molecule has 0 bridgehead atoms. The van der Waals surface area contributed by atoms with Gasteiger partial charge < -0.3 is 10.4 Å². The van der Waals surface area contributed by atoms with E-state index in [2.05, 4.69) is 5.32 Å². The molecule has 1 aromatic rings. The van der Waals surface area contributed by atoms with Gasteiger partial charge in [-0.2, -0.15) is 24.9 Å². The number of alkyl halides is 3. The van der Waals surface area contributed by atoms with E-state index in [0.717, 1.165) is 17.9 Å². The summed E-state index contributed by atoms with van der Waals surface area (Å²) in [4.78, 5) is 0. The van der Waals surface area contributed by atoms with Crippen molar-refractivity contribution >= 4 is 11.8 Å². The minimum absolute atomic E-state index is 0.249. The lowest BCUT2D eigenvalue weighted by atomic mass is 10.1. The predicted octanol–water partition coefficient (Wildman–Crippen LogP) is 3.08. The first-order valence-electron chi connectivity index (χ1n) is 5.92. The molecule has 0 radical (unpaired) electrons. The van der Waals surface area contributed by atoms with Gasteiger partial charge in [0.2, 0.25) is 0 Å². The van der Waals surface area contributed by atoms with Crippen molar-refractivity contribution in [3.63, 3.8) is 0 Å². The van der Waals surface area contributed by atoms with Crippen molar-refractivity contribution in [1.29, 1.82) is 0 Å². The summed E-state index contributed by atoms with van der Waals surface area (Å²) < 4.78 is 37.1. The van der Waals surface area contributed by atoms with Crippen LogP contribution in [0, 0.1) is 0 Å². The van der Waals surface area contributed by atoms with Gasteiger partial charge in [-0.25, -0.2) is 0 Å². The maximum Gasteiger partial charge on any atom is 0.416 e. The molecule has 2 unspecified atom stereocenters. The third kappa shape index (κ3) is 5.42. The first-order chi connectivity index (χ1) is 8.84. The lowest BCUT2D eigenvalue weighted by Gasteiger charge is -2.17. The molecule has 0 aliphatic carbocycles. The van der Waals surface area contributed by atoms with E-state index < -0.39 is 17.8 Å². The van der Waals surface area contributed by atoms with Gasteiger partial charge in [-0.1, -0.05) is 12.1 Å². The number of rotatable bonds is 6. The average molecular weight is 293 g/mol. The van der Waals surface area contributed by atoms with Crippen molar-refractivity contribution in [2.24, 2.45) is 0 Å². The SMILES string of the molecule is CSCC(C)NCC(O)c1ccc(C(F)(F)F)cc1. The van der Waals surface area contributed by atoms with Crippen LogP contribution in [0.5, 0.6) is 0 Å². The Kier molecular flexibility index (Phi) is 6.16. The van der Waals surface area contributed by atoms with Crippen LogP contribution in [0.3, 0.4) is 0 Å². The average Bonchev–Trinajstić information content (AvgIpc) is 2.35. The van der Waals surface area contributed by atoms with Crippen LogP contribution in [0.15, 0.2) is 24.3 Å². The Morgan fingerprint density at radius 3 is 2.32 bits per heavy atom. The highest BCUT2D eigenvalue weighted by Gasteiger charge is 2.30. The molecule has 0 aliphatic rings. The number of thioether (sulfide) groups is 1. The first kappa shape index (κ1) is 16.3. The summed E-state index contributed by atoms with van der Waals surface area (Å²) >= 11 is 1.69. The Hall–Kier alpha value is -0.720. The zero-order valence-corrected chi connectivity index (χ0v) is 11.7. The van der Waals surface area contributed by atoms with Gasteiger partial charge in [-0.05, 0) is 30.9 Å². The Labute approximate surface area is 115 Å². The summed E-state index contributed by atoms with van der Waals surface area (Å²) in [6.45, 7) is 2.32. The predicted molar refractivity (Wildman–Crippen MR) is 72.3 cm³/mol. The minimum Gasteiger partial charge on any atom is -0.387 e. The summed E-state index contributed by atoms with van der Waals surface area (Å²) in [5.41, 5.74) is -0.219. The summed E-state index contributed by atoms with van der Waals surface area (Å²) in [5.74, 6) is 0.916. The molecular formula is C13H18F3NOS. The van der Waals surface area contributed by atoms with Gasteiger partial charge in [-0.15, -0.1) is 0 Å². The molecule has 0 spiro atoms. The third-order valence-electron chi connectivity index (χ3n) is 2.70. The second-order valence-corrected chi connectivity index (χ2v) is 5.31. The molecule has 0 aliphatic heterocycles. The second kappa shape index (κ2) is 7.17. The smallest absolute Gasteiger partial charge is 0.387 e. The fourth-order valence-corrected chi connectivity index (χ4v) is 2.25. The fraction of sp³-hybridized carbons (Fsp3) is 0.538. The van der Waals surface area contributed by atoms with Gasteiger partial charge in [0, 0.05) is 18.3 Å². The molecule has 1 rings (SSSR count). The van der Waals surface area contributed by atoms with Gasteiger partial charge in [0.1, 0.15) is 0 Å². The van der Waals surface area contributed by atoms with Gasteiger partial charge >= 0.3 is 6.18 Å². The molecule has 19 heavy (non-hydrogen) atoms. The number of hydrogen-bond donors (Lipinski definition) is 2. The van der Waals surface area contributed by atoms with Crippen LogP contribution in [0.4, 0.5) is 13.2 Å². The summed E-state index contributed by atoms with van der Waals surface area (Å²) in [5, 5.41) is 13.0. The number of hydrogen-bond acceptors (Lipinski definition) is 3. The van der Waals surface area contributed by atoms with Gasteiger partial charge in [-0.3, -0.25) is 0 Å². The zero-order valence-electron chi connectivity index (χ0n) is 10.9. The van der Waals surface area contributed by atoms with E-state index in [0.29, 0.717) is 12.1 Å². The number of nitrogens with one attached hydrogen (secondary N) is 1. The van der Waals surface area contributed by atoms with Gasteiger partial charge in [0.25, 0.3) is 0 Å². The zero-order chi connectivity index (χ0) is 14.5. The molecule has 2 atom stereocenters. The number of aliphatic hydroxyl groups excluding tert-OH is 1. The molecule has 2 N–H and O–H groups in total. The van der Waals surface area contributed by atoms with E-state index in [1.807, 2.05) is 13.2 Å². The van der Waals surface area contributed by atoms with E-state index in [9.17, 15) is 18.3 Å². The Bertz CT molecular complexity index is 380. The van der Waals surface area contributed by atoms with Gasteiger partial charge in [0.05, 0.1) is 11.7 Å². The highest BCUT2D eigenvalue weighted by Crippen LogP contribution is 2.29. The minimum atomic E-state index is -4.34. The maximum atomic E-state index is 12.4. The van der Waals surface area contributed by atoms with Crippen LogP contribution in [0.25, 0.3) is 0 Å². The number of halogens is 3. The molecule has 0 amide bonds. The summed E-state index contributed by atoms with van der Waals surface area (Å²) in [6, 6.07) is 4.86. The lowest BCUT2D eigenvalue weighted by molar-refractivity contribution is -0.137. The van der Waals surface area contributed by atoms with E-state index in [4.69, 9.17) is 0 Å². The second-order valence-electron chi connectivity index (χ2n) is 4.40. The van der Waals surface area contributed by atoms with Crippen molar-refractivity contribution in [1.82, 2.24) is 5.32 Å². The molecule has 6 heteroatoms. The monoisotopic (exact) mass is 293 g/mol. The Morgan fingerprint density at radius 2 is 1.84 bits per heavy atom. The Morgan fingerprint density at radius 1 is 1.26 bits per heavy atom. The van der Waals surface area contributed by atoms with E-state index in [1.54, 1.807) is 11.8 Å². The van der Waals surface area contributed by atoms with Crippen LogP contribution >= 0.6 is 11.8 Å². The van der Waals surface area contributed by atoms with E-state index in [-0.39, 0.29) is 6.04 Å². The number of aliphatic hydroxyl groups is 1. The molecule has 0 aromatic heterocycles. The molecule has 0 saturated heterocycles. The van der Waals surface area contributed by atoms with Gasteiger partial charge in [0.15, 0.2) is 0 Å². The molecule has 0 heterocycles. The van der Waals surface area contributed by atoms with E-state index in [1.165, 1.54) is 12.1 Å². The lowest BCUT2D eigenvalue weighted by Crippen LogP contribution is -2.32. The third-order valence-corrected chi connectivity index (χ3v) is 3.53. The molecule has 1 aromatic carbocycles. The highest BCUT2D eigenvalue weighted by molar-refractivity contribution is 7.98. The first-order valence-corrected chi connectivity index (χ1v) is 7.31. The Balaban J connectivity index is 2.56. The maximum absolute atomic E-state index is 12.4. The summed E-state index contributed by atoms with van der Waals surface area (Å²) in [7, 11) is 0. The van der Waals surface area contributed by atoms with E-state index >= 15 is 0 Å². The number of benzene rings is 1. The van der Waals surface area contributed by atoms with Crippen LogP contribution in [0.1, 0.15) is 24.2 Å². The van der Waals surface area contributed by atoms with Crippen molar-refractivity contribution < 1.29 is 18.3 Å². The van der Waals surface area contributed by atoms with Crippen molar-refractivity contribution in [3.05, 3.63) is 35.4 Å². The summed E-state index contributed by atoms with van der Waals surface area (Å²) in [6.07, 6.45) is -3.15. The van der Waals surface area contributed by atoms with Crippen molar-refractivity contribution in [3.8, 4) is 0 Å². The fourth-order valence-electron chi connectivity index (χ4n) is 1.63. The van der Waals surface area contributed by atoms with Crippen LogP contribution in [-0.4, -0.2) is 29.7 Å². The molecule has 0 saturated carbocycles. The molecule has 0 fully saturated rings. The van der Waals surface area contributed by atoms with Crippen LogP contribution < -0.4 is 5.32 Å². The topological polar surface area (TPSA) is 32.3 Å². The van der Waals surface area contributed by atoms with Crippen LogP contribution in [0.2, 0.25) is 0 Å². The van der Waals surface area contributed by atoms with Crippen LogP contribution in [-0.2, 0) is 6.18 Å². The largest absolute Gasteiger partial charge is 0.416 e. The highest BCUT2D eigenvalue weighted by atomic mass is 32.2. The standard InChI is InChI=1S/C13H18F3NOS/c1-9(8-19-2)17-7-12(18)10-3-5-11(6-4-10)13(14,15)16/h3-6,9,12,17-18H,7-8H2,1-2H3. The quantitative estimate of drug-likeness (QED) is 0.845. The van der Waals surface area contributed by atoms with Crippen molar-refractivity contribution in [2.45, 2.75) is 25.2 Å². The molecule has 108 valence electrons. The molecule has 2 nitrogen and oxygen atoms in total. The normalized spacial score (nSPS) is 15.3. The van der Waals surface area contributed by atoms with Crippen molar-refractivity contribution in [2.75, 3.05) is 18.6 Å².